The van der Waals surface area contributed by atoms with E-state index in [1.54, 1.807) is 4.90 Å². The van der Waals surface area contributed by atoms with E-state index in [1.807, 2.05) is 24.3 Å². The fraction of sp³-hybridized carbons (Fsp3) is 0.444. The van der Waals surface area contributed by atoms with E-state index in [0.717, 1.165) is 37.1 Å². The molecule has 3 atom stereocenters. The first-order valence-corrected chi connectivity index (χ1v) is 12.2. The van der Waals surface area contributed by atoms with Gasteiger partial charge in [0.15, 0.2) is 0 Å². The number of nitrogens with zero attached hydrogens (tertiary/aromatic N) is 2. The largest absolute Gasteiger partial charge is 0.489 e. The summed E-state index contributed by atoms with van der Waals surface area (Å²) in [4.78, 5) is 40.7. The van der Waals surface area contributed by atoms with E-state index < -0.39 is 6.04 Å². The third-order valence-corrected chi connectivity index (χ3v) is 7.29. The average Bonchev–Trinajstić information content (AvgIpc) is 3.15. The molecular formula is C27H31N3O4. The predicted octanol–water partition coefficient (Wildman–Crippen LogP) is 3.27. The van der Waals surface area contributed by atoms with Crippen LogP contribution in [-0.4, -0.2) is 52.8 Å². The van der Waals surface area contributed by atoms with Crippen molar-refractivity contribution < 1.29 is 19.1 Å². The molecule has 1 unspecified atom stereocenters. The molecule has 0 bridgehead atoms. The van der Waals surface area contributed by atoms with E-state index in [0.29, 0.717) is 24.6 Å². The summed E-state index contributed by atoms with van der Waals surface area (Å²) in [6, 6.07) is 15.8. The minimum atomic E-state index is -0.601. The summed E-state index contributed by atoms with van der Waals surface area (Å²) in [6.45, 7) is 1.24. The molecule has 1 N–H and O–H groups in total. The predicted molar refractivity (Wildman–Crippen MR) is 127 cm³/mol. The number of hydrogen-bond acceptors (Lipinski definition) is 5. The van der Waals surface area contributed by atoms with Gasteiger partial charge in [-0.1, -0.05) is 36.8 Å². The average molecular weight is 462 g/mol. The molecule has 7 nitrogen and oxygen atoms in total. The summed E-state index contributed by atoms with van der Waals surface area (Å²) < 4.78 is 6.51. The number of ether oxygens (including phenoxy) is 1. The third kappa shape index (κ3) is 4.57. The van der Waals surface area contributed by atoms with Gasteiger partial charge in [-0.05, 0) is 62.1 Å². The van der Waals surface area contributed by atoms with Crippen LogP contribution in [0.15, 0.2) is 48.5 Å². The van der Waals surface area contributed by atoms with Gasteiger partial charge in [-0.2, -0.15) is 0 Å². The number of amides is 3. The Morgan fingerprint density at radius 1 is 1.03 bits per heavy atom. The zero-order valence-electron chi connectivity index (χ0n) is 19.5. The lowest BCUT2D eigenvalue weighted by molar-refractivity contribution is -0.136. The van der Waals surface area contributed by atoms with Crippen molar-refractivity contribution >= 4 is 17.7 Å². The van der Waals surface area contributed by atoms with Crippen LogP contribution in [0.25, 0.3) is 0 Å². The second-order valence-corrected chi connectivity index (χ2v) is 9.63. The lowest BCUT2D eigenvalue weighted by atomic mass is 9.91. The van der Waals surface area contributed by atoms with E-state index in [4.69, 9.17) is 4.74 Å². The highest BCUT2D eigenvalue weighted by atomic mass is 16.5. The molecule has 178 valence electrons. The van der Waals surface area contributed by atoms with Gasteiger partial charge in [0, 0.05) is 31.1 Å². The normalized spacial score (nSPS) is 24.8. The van der Waals surface area contributed by atoms with Gasteiger partial charge in [0.1, 0.15) is 17.9 Å². The molecule has 2 heterocycles. The van der Waals surface area contributed by atoms with Crippen LogP contribution in [-0.2, 0) is 22.7 Å². The van der Waals surface area contributed by atoms with Crippen molar-refractivity contribution in [3.8, 4) is 5.75 Å². The van der Waals surface area contributed by atoms with Crippen molar-refractivity contribution in [1.82, 2.24) is 15.1 Å². The molecule has 3 aliphatic rings. The fourth-order valence-electron chi connectivity index (χ4n) is 5.51. The third-order valence-electron chi connectivity index (χ3n) is 7.29. The quantitative estimate of drug-likeness (QED) is 0.668. The number of carbonyl (C=O) groups is 3. The van der Waals surface area contributed by atoms with E-state index >= 15 is 0 Å². The molecular weight excluding hydrogens is 430 g/mol. The Hall–Kier alpha value is -3.19. The highest BCUT2D eigenvalue weighted by Gasteiger charge is 2.39. The second-order valence-electron chi connectivity index (χ2n) is 9.63. The smallest absolute Gasteiger partial charge is 0.255 e. The van der Waals surface area contributed by atoms with Gasteiger partial charge >= 0.3 is 0 Å². The molecule has 3 amide bonds. The zero-order chi connectivity index (χ0) is 23.7. The highest BCUT2D eigenvalue weighted by Crippen LogP contribution is 2.33. The van der Waals surface area contributed by atoms with E-state index in [2.05, 4.69) is 41.5 Å². The van der Waals surface area contributed by atoms with Crippen LogP contribution < -0.4 is 10.1 Å². The van der Waals surface area contributed by atoms with E-state index in [1.165, 1.54) is 12.0 Å². The molecule has 0 aromatic heterocycles. The molecule has 1 saturated heterocycles. The number of carbonyl (C=O) groups excluding carboxylic acids is 3. The van der Waals surface area contributed by atoms with Crippen LogP contribution >= 0.6 is 0 Å². The molecule has 2 aromatic rings. The minimum Gasteiger partial charge on any atom is -0.489 e. The Labute approximate surface area is 200 Å². The maximum absolute atomic E-state index is 13.0. The Bertz CT molecular complexity index is 1090. The molecule has 2 fully saturated rings. The first-order chi connectivity index (χ1) is 16.5. The van der Waals surface area contributed by atoms with Gasteiger partial charge < -0.3 is 9.64 Å². The standard InChI is InChI=1S/C27H31N3O4/c1-29(16-18-7-3-2-4-8-18)22-9-5-6-10-24(22)34-20-11-12-21-19(15-20)17-30(27(21)33)23-13-14-25(31)28-26(23)32/h2-4,7-8,11-12,15,22-24H,5-6,9-10,13-14,16-17H2,1H3,(H,28,31,32)/t22-,23?,24-/m1/s1. The second kappa shape index (κ2) is 9.58. The van der Waals surface area contributed by atoms with Gasteiger partial charge in [0.2, 0.25) is 11.8 Å². The number of imide groups is 1. The number of rotatable bonds is 6. The molecule has 7 heteroatoms. The minimum absolute atomic E-state index is 0.0869. The molecule has 0 radical (unpaired) electrons. The Morgan fingerprint density at radius 3 is 2.62 bits per heavy atom. The Balaban J connectivity index is 1.28. The maximum atomic E-state index is 13.0. The van der Waals surface area contributed by atoms with Crippen molar-refractivity contribution in [1.29, 1.82) is 0 Å². The van der Waals surface area contributed by atoms with Crippen molar-refractivity contribution in [2.75, 3.05) is 7.05 Å². The topological polar surface area (TPSA) is 79.0 Å². The zero-order valence-corrected chi connectivity index (χ0v) is 19.5. The van der Waals surface area contributed by atoms with Crippen LogP contribution in [0.4, 0.5) is 0 Å². The van der Waals surface area contributed by atoms with Gasteiger partial charge in [0.05, 0.1) is 0 Å². The molecule has 1 aliphatic carbocycles. The van der Waals surface area contributed by atoms with Crippen LogP contribution in [0.5, 0.6) is 5.75 Å². The summed E-state index contributed by atoms with van der Waals surface area (Å²) in [6.07, 6.45) is 5.15. The fourth-order valence-corrected chi connectivity index (χ4v) is 5.51. The van der Waals surface area contributed by atoms with E-state index in [9.17, 15) is 14.4 Å². The van der Waals surface area contributed by atoms with Crippen molar-refractivity contribution in [2.24, 2.45) is 0 Å². The van der Waals surface area contributed by atoms with Gasteiger partial charge in [0.25, 0.3) is 5.91 Å². The van der Waals surface area contributed by atoms with Crippen LogP contribution in [0.1, 0.15) is 60.0 Å². The monoisotopic (exact) mass is 461 g/mol. The SMILES string of the molecule is CN(Cc1ccccc1)[C@@H]1CCCC[C@H]1Oc1ccc2c(c1)CN(C1CCC(=O)NC1=O)C2=O. The first kappa shape index (κ1) is 22.6. The van der Waals surface area contributed by atoms with Crippen molar-refractivity contribution in [3.05, 3.63) is 65.2 Å². The number of piperidine rings is 1. The molecule has 34 heavy (non-hydrogen) atoms. The van der Waals surface area contributed by atoms with Gasteiger partial charge in [-0.3, -0.25) is 24.6 Å². The summed E-state index contributed by atoms with van der Waals surface area (Å²) >= 11 is 0. The molecule has 2 aromatic carbocycles. The highest BCUT2D eigenvalue weighted by molar-refractivity contribution is 6.05. The Morgan fingerprint density at radius 2 is 1.82 bits per heavy atom. The number of nitrogens with one attached hydrogen (secondary N) is 1. The van der Waals surface area contributed by atoms with Crippen molar-refractivity contribution in [2.45, 2.75) is 69.8 Å². The lowest BCUT2D eigenvalue weighted by Crippen LogP contribution is -2.52. The maximum Gasteiger partial charge on any atom is 0.255 e. The van der Waals surface area contributed by atoms with Crippen molar-refractivity contribution in [3.63, 3.8) is 0 Å². The van der Waals surface area contributed by atoms with Gasteiger partial charge in [-0.15, -0.1) is 0 Å². The molecule has 5 rings (SSSR count). The Kier molecular flexibility index (Phi) is 6.37. The summed E-state index contributed by atoms with van der Waals surface area (Å²) in [5.74, 6) is -0.0587. The molecule has 2 aliphatic heterocycles. The summed E-state index contributed by atoms with van der Waals surface area (Å²) in [5, 5.41) is 2.35. The number of hydrogen-bond donors (Lipinski definition) is 1. The first-order valence-electron chi connectivity index (χ1n) is 12.2. The number of fused-ring (bicyclic) bond motifs is 1. The summed E-state index contributed by atoms with van der Waals surface area (Å²) in [5.41, 5.74) is 2.77. The molecule has 1 saturated carbocycles. The van der Waals surface area contributed by atoms with E-state index in [-0.39, 0.29) is 30.2 Å². The lowest BCUT2D eigenvalue weighted by Gasteiger charge is -2.38. The van der Waals surface area contributed by atoms with Crippen LogP contribution in [0.3, 0.4) is 0 Å². The molecule has 0 spiro atoms. The van der Waals surface area contributed by atoms with Gasteiger partial charge in [-0.25, -0.2) is 0 Å². The van der Waals surface area contributed by atoms with Crippen LogP contribution in [0, 0.1) is 0 Å². The van der Waals surface area contributed by atoms with Crippen LogP contribution in [0.2, 0.25) is 0 Å². The summed E-state index contributed by atoms with van der Waals surface area (Å²) in [7, 11) is 2.17. The number of likely N-dealkylation sites (N-methyl/N-ethyl adjacent to an activating group) is 1. The number of benzene rings is 2.